The molecular weight excluding hydrogens is 535 g/mol. The van der Waals surface area contributed by atoms with Crippen molar-refractivity contribution in [2.45, 2.75) is 49.3 Å². The number of amidine groups is 1. The fourth-order valence-electron chi connectivity index (χ4n) is 4.26. The molecule has 0 fully saturated rings. The number of anilines is 1. The summed E-state index contributed by atoms with van der Waals surface area (Å²) in [5.41, 5.74) is 4.46. The van der Waals surface area contributed by atoms with E-state index in [-0.39, 0.29) is 34.5 Å². The minimum Gasteiger partial charge on any atom is -0.485 e. The highest BCUT2D eigenvalue weighted by molar-refractivity contribution is 7.95. The molecule has 3 N–H and O–H groups in total. The number of nitrogens with one attached hydrogen (secondary N) is 1. The molecule has 0 spiro atoms. The third kappa shape index (κ3) is 5.02. The van der Waals surface area contributed by atoms with E-state index < -0.39 is 50.7 Å². The zero-order chi connectivity index (χ0) is 27.9. The van der Waals surface area contributed by atoms with Gasteiger partial charge in [-0.1, -0.05) is 0 Å². The molecule has 4 heterocycles. The van der Waals surface area contributed by atoms with Gasteiger partial charge in [-0.2, -0.15) is 8.78 Å². The molecule has 0 radical (unpaired) electrons. The van der Waals surface area contributed by atoms with Crippen LogP contribution in [0, 0.1) is 5.82 Å². The Morgan fingerprint density at radius 2 is 2.00 bits per heavy atom. The van der Waals surface area contributed by atoms with Crippen molar-refractivity contribution in [1.29, 1.82) is 0 Å². The summed E-state index contributed by atoms with van der Waals surface area (Å²) in [5.74, 6) is -6.19. The van der Waals surface area contributed by atoms with Crippen LogP contribution < -0.4 is 15.8 Å². The van der Waals surface area contributed by atoms with Gasteiger partial charge in [-0.3, -0.25) is 9.79 Å². The largest absolute Gasteiger partial charge is 0.485 e. The third-order valence-corrected chi connectivity index (χ3v) is 9.89. The predicted molar refractivity (Wildman–Crippen MR) is 130 cm³/mol. The summed E-state index contributed by atoms with van der Waals surface area (Å²) in [6, 6.07) is 4.50. The summed E-state index contributed by atoms with van der Waals surface area (Å²) in [7, 11) is -2.89. The van der Waals surface area contributed by atoms with Gasteiger partial charge in [0.05, 0.1) is 21.7 Å². The van der Waals surface area contributed by atoms with Crippen molar-refractivity contribution >= 4 is 27.3 Å². The molecule has 15 heteroatoms. The number of amides is 1. The van der Waals surface area contributed by atoms with E-state index in [1.165, 1.54) is 6.07 Å². The van der Waals surface area contributed by atoms with Crippen LogP contribution in [0.25, 0.3) is 0 Å². The van der Waals surface area contributed by atoms with Crippen molar-refractivity contribution in [2.75, 3.05) is 24.2 Å². The van der Waals surface area contributed by atoms with Gasteiger partial charge in [-0.15, -0.1) is 0 Å². The minimum atomic E-state index is -4.34. The maximum atomic E-state index is 14.9. The smallest absolute Gasteiger partial charge is 0.340 e. The Morgan fingerprint density at radius 1 is 1.26 bits per heavy atom. The molecule has 38 heavy (non-hydrogen) atoms. The molecule has 2 aromatic rings. The number of carbonyl (C=O) groups is 1. The zero-order valence-electron chi connectivity index (χ0n) is 20.4. The first-order chi connectivity index (χ1) is 17.7. The fourth-order valence-corrected chi connectivity index (χ4v) is 7.18. The summed E-state index contributed by atoms with van der Waals surface area (Å²) in [4.78, 5) is 25.1. The second kappa shape index (κ2) is 9.75. The van der Waals surface area contributed by atoms with Crippen LogP contribution in [0.2, 0.25) is 0 Å². The predicted octanol–water partition coefficient (Wildman–Crippen LogP) is 3.75. The number of aliphatic imine (C=N–C) groups is 1. The lowest BCUT2D eigenvalue weighted by Crippen LogP contribution is -2.57. The van der Waals surface area contributed by atoms with Gasteiger partial charge in [-0.25, -0.2) is 31.7 Å². The Morgan fingerprint density at radius 3 is 2.66 bits per heavy atom. The van der Waals surface area contributed by atoms with E-state index in [1.807, 2.05) is 0 Å². The number of rotatable bonds is 7. The number of ether oxygens (including phenoxy) is 1. The summed E-state index contributed by atoms with van der Waals surface area (Å²) in [5, 5.41) is 2.44. The van der Waals surface area contributed by atoms with Crippen molar-refractivity contribution in [1.82, 2.24) is 9.97 Å². The third-order valence-electron chi connectivity index (χ3n) is 6.52. The molecule has 2 aromatic heterocycles. The van der Waals surface area contributed by atoms with Crippen molar-refractivity contribution in [3.63, 3.8) is 0 Å². The van der Waals surface area contributed by atoms with Crippen LogP contribution in [-0.2, 0) is 15.3 Å². The van der Waals surface area contributed by atoms with Gasteiger partial charge in [0.15, 0.2) is 6.61 Å². The SMILES string of the molecule is C[C@@]12CCCN=S1(=O)C[C@@](C)(c1nc(NC(=O)c3ccc(OCC(F)(F)C(F)F)cn3)ccc1F)N=C2N. The minimum absolute atomic E-state index is 0.0658. The van der Waals surface area contributed by atoms with E-state index in [1.54, 1.807) is 13.8 Å². The summed E-state index contributed by atoms with van der Waals surface area (Å²) in [6.45, 7) is 2.12. The van der Waals surface area contributed by atoms with Crippen molar-refractivity contribution in [3.8, 4) is 5.75 Å². The number of pyridine rings is 2. The number of fused-ring (bicyclic) bond motifs is 1. The molecule has 2 aliphatic rings. The lowest BCUT2D eigenvalue weighted by molar-refractivity contribution is -0.148. The number of carbonyl (C=O) groups excluding carboxylic acids is 1. The van der Waals surface area contributed by atoms with Gasteiger partial charge in [0.2, 0.25) is 0 Å². The van der Waals surface area contributed by atoms with Crippen molar-refractivity contribution in [2.24, 2.45) is 15.1 Å². The van der Waals surface area contributed by atoms with E-state index in [0.29, 0.717) is 19.4 Å². The molecule has 206 valence electrons. The summed E-state index contributed by atoms with van der Waals surface area (Å²) in [6.07, 6.45) is -1.73. The molecule has 0 aromatic carbocycles. The summed E-state index contributed by atoms with van der Waals surface area (Å²) < 4.78 is 87.3. The Hall–Kier alpha value is -3.36. The van der Waals surface area contributed by atoms with Gasteiger partial charge >= 0.3 is 12.3 Å². The first kappa shape index (κ1) is 27.7. The second-order valence-corrected chi connectivity index (χ2v) is 12.2. The maximum Gasteiger partial charge on any atom is 0.340 e. The molecule has 1 unspecified atom stereocenters. The number of nitrogens with zero attached hydrogens (tertiary/aromatic N) is 4. The molecule has 0 bridgehead atoms. The standard InChI is InChI=1S/C23H25F5N6O3S/c1-21(12-38(36)22(2,20(29)34-21)8-3-9-31-38)17-14(24)5-7-16(32-17)33-18(35)15-6-4-13(10-30-15)37-11-23(27,28)19(25)26/h4-7,10,19H,3,8-9,11-12H2,1-2H3,(H2,29,34)(H,32,33,35)/t21-,22-,38?/m0/s1. The first-order valence-corrected chi connectivity index (χ1v) is 13.2. The van der Waals surface area contributed by atoms with Crippen LogP contribution in [0.3, 0.4) is 0 Å². The van der Waals surface area contributed by atoms with Gasteiger partial charge in [0.25, 0.3) is 5.91 Å². The van der Waals surface area contributed by atoms with E-state index in [4.69, 9.17) is 5.73 Å². The van der Waals surface area contributed by atoms with Crippen LogP contribution in [0.4, 0.5) is 27.8 Å². The molecule has 9 nitrogen and oxygen atoms in total. The fraction of sp³-hybridized carbons (Fsp3) is 0.478. The first-order valence-electron chi connectivity index (χ1n) is 11.5. The lowest BCUT2D eigenvalue weighted by Gasteiger charge is -2.43. The summed E-state index contributed by atoms with van der Waals surface area (Å²) >= 11 is 0. The highest BCUT2D eigenvalue weighted by Gasteiger charge is 2.52. The van der Waals surface area contributed by atoms with Crippen molar-refractivity contribution in [3.05, 3.63) is 47.7 Å². The average molecular weight is 561 g/mol. The topological polar surface area (TPSA) is 132 Å². The van der Waals surface area contributed by atoms with Crippen LogP contribution in [0.15, 0.2) is 39.8 Å². The van der Waals surface area contributed by atoms with Crippen LogP contribution in [-0.4, -0.2) is 61.9 Å². The molecule has 0 saturated carbocycles. The van der Waals surface area contributed by atoms with Crippen molar-refractivity contribution < 1.29 is 35.7 Å². The van der Waals surface area contributed by atoms with Gasteiger partial charge < -0.3 is 15.8 Å². The molecule has 2 aliphatic heterocycles. The number of nitrogens with two attached hydrogens (primary N) is 1. The van der Waals surface area contributed by atoms with Crippen LogP contribution >= 0.6 is 0 Å². The van der Waals surface area contributed by atoms with Gasteiger partial charge in [0, 0.05) is 6.54 Å². The Balaban J connectivity index is 1.54. The molecule has 0 saturated heterocycles. The number of halogens is 5. The quantitative estimate of drug-likeness (QED) is 0.496. The van der Waals surface area contributed by atoms with E-state index in [0.717, 1.165) is 24.4 Å². The molecule has 4 rings (SSSR count). The number of aromatic nitrogens is 2. The highest BCUT2D eigenvalue weighted by Crippen LogP contribution is 2.42. The molecular formula is C23H25F5N6O3S. The van der Waals surface area contributed by atoms with E-state index in [2.05, 4.69) is 29.4 Å². The molecule has 1 amide bonds. The number of alkyl halides is 4. The normalized spacial score (nSPS) is 27.2. The molecule has 0 aliphatic carbocycles. The Bertz CT molecular complexity index is 1400. The van der Waals surface area contributed by atoms with Crippen LogP contribution in [0.5, 0.6) is 5.75 Å². The maximum absolute atomic E-state index is 14.9. The van der Waals surface area contributed by atoms with Gasteiger partial charge in [-0.05, 0) is 51.0 Å². The average Bonchev–Trinajstić information content (AvgIpc) is 2.85. The highest BCUT2D eigenvalue weighted by atomic mass is 32.2. The number of hydrogen-bond donors (Lipinski definition) is 2. The van der Waals surface area contributed by atoms with Crippen LogP contribution in [0.1, 0.15) is 42.9 Å². The van der Waals surface area contributed by atoms with E-state index in [9.17, 15) is 31.0 Å². The Kier molecular flexibility index (Phi) is 7.10. The Labute approximate surface area is 215 Å². The molecule has 3 atom stereocenters. The number of hydrogen-bond acceptors (Lipinski definition) is 8. The van der Waals surface area contributed by atoms with E-state index >= 15 is 0 Å². The van der Waals surface area contributed by atoms with Gasteiger partial charge in [0.1, 0.15) is 44.9 Å². The monoisotopic (exact) mass is 560 g/mol. The second-order valence-electron chi connectivity index (χ2n) is 9.45. The zero-order valence-corrected chi connectivity index (χ0v) is 21.2. The lowest BCUT2D eigenvalue weighted by atomic mass is 9.96.